The summed E-state index contributed by atoms with van der Waals surface area (Å²) in [6, 6.07) is 9.42. The third-order valence-electron chi connectivity index (χ3n) is 3.07. The smallest absolute Gasteiger partial charge is 0.184 e. The summed E-state index contributed by atoms with van der Waals surface area (Å²) >= 11 is 3.31. The zero-order valence-corrected chi connectivity index (χ0v) is 12.6. The lowest BCUT2D eigenvalue weighted by Crippen LogP contribution is -2.12. The Hall–Kier alpha value is -2.06. The van der Waals surface area contributed by atoms with Crippen LogP contribution in [0.15, 0.2) is 40.9 Å². The number of nitriles is 1. The van der Waals surface area contributed by atoms with Crippen LogP contribution in [-0.4, -0.2) is 5.78 Å². The SMILES string of the molecule is Cc1ccc(C(=O)C(C#N)c2cc(F)cc(F)c2)cc1Br. The van der Waals surface area contributed by atoms with Gasteiger partial charge < -0.3 is 0 Å². The summed E-state index contributed by atoms with van der Waals surface area (Å²) in [7, 11) is 0. The number of Topliss-reactive ketones (excluding diaryl/α,β-unsaturated/α-hetero) is 1. The summed E-state index contributed by atoms with van der Waals surface area (Å²) < 4.78 is 27.2. The predicted octanol–water partition coefficient (Wildman–Crippen LogP) is 4.53. The van der Waals surface area contributed by atoms with Gasteiger partial charge in [-0.2, -0.15) is 5.26 Å². The maximum Gasteiger partial charge on any atom is 0.184 e. The fraction of sp³-hybridized carbons (Fsp3) is 0.125. The van der Waals surface area contributed by atoms with E-state index >= 15 is 0 Å². The molecule has 0 N–H and O–H groups in total. The van der Waals surface area contributed by atoms with E-state index in [0.717, 1.165) is 22.2 Å². The first-order chi connectivity index (χ1) is 9.92. The van der Waals surface area contributed by atoms with Crippen molar-refractivity contribution in [2.75, 3.05) is 0 Å². The summed E-state index contributed by atoms with van der Waals surface area (Å²) in [6.07, 6.45) is 0. The number of benzene rings is 2. The van der Waals surface area contributed by atoms with Crippen molar-refractivity contribution in [1.29, 1.82) is 5.26 Å². The summed E-state index contributed by atoms with van der Waals surface area (Å²) in [5.41, 5.74) is 1.26. The van der Waals surface area contributed by atoms with Gasteiger partial charge in [-0.3, -0.25) is 4.79 Å². The second-order valence-corrected chi connectivity index (χ2v) is 5.45. The van der Waals surface area contributed by atoms with Crippen molar-refractivity contribution < 1.29 is 13.6 Å². The van der Waals surface area contributed by atoms with Gasteiger partial charge in [-0.25, -0.2) is 8.78 Å². The van der Waals surface area contributed by atoms with Gasteiger partial charge in [-0.05, 0) is 36.2 Å². The van der Waals surface area contributed by atoms with Gasteiger partial charge in [0.25, 0.3) is 0 Å². The Balaban J connectivity index is 2.43. The molecule has 0 aliphatic carbocycles. The van der Waals surface area contributed by atoms with Gasteiger partial charge >= 0.3 is 0 Å². The van der Waals surface area contributed by atoms with Crippen LogP contribution >= 0.6 is 15.9 Å². The number of nitrogens with zero attached hydrogens (tertiary/aromatic N) is 1. The number of halogens is 3. The summed E-state index contributed by atoms with van der Waals surface area (Å²) in [4.78, 5) is 12.4. The summed E-state index contributed by atoms with van der Waals surface area (Å²) in [5.74, 6) is -3.38. The molecule has 2 rings (SSSR count). The van der Waals surface area contributed by atoms with Gasteiger partial charge in [0.15, 0.2) is 5.78 Å². The highest BCUT2D eigenvalue weighted by Gasteiger charge is 2.23. The average molecular weight is 350 g/mol. The van der Waals surface area contributed by atoms with Crippen molar-refractivity contribution in [1.82, 2.24) is 0 Å². The van der Waals surface area contributed by atoms with Gasteiger partial charge in [0.1, 0.15) is 17.6 Å². The quantitative estimate of drug-likeness (QED) is 0.764. The van der Waals surface area contributed by atoms with Crippen LogP contribution in [0.25, 0.3) is 0 Å². The molecule has 0 saturated heterocycles. The Kier molecular flexibility index (Phi) is 4.49. The number of hydrogen-bond acceptors (Lipinski definition) is 2. The van der Waals surface area contributed by atoms with Crippen LogP contribution in [0.5, 0.6) is 0 Å². The molecule has 0 spiro atoms. The molecule has 0 saturated carbocycles. The molecule has 5 heteroatoms. The number of hydrogen-bond donors (Lipinski definition) is 0. The molecule has 0 bridgehead atoms. The predicted molar refractivity (Wildman–Crippen MR) is 77.9 cm³/mol. The normalized spacial score (nSPS) is 11.8. The number of rotatable bonds is 3. The fourth-order valence-electron chi connectivity index (χ4n) is 1.94. The van der Waals surface area contributed by atoms with Crippen LogP contribution in [0.3, 0.4) is 0 Å². The van der Waals surface area contributed by atoms with E-state index in [2.05, 4.69) is 15.9 Å². The van der Waals surface area contributed by atoms with Crippen molar-refractivity contribution in [3.05, 3.63) is 69.2 Å². The molecule has 1 unspecified atom stereocenters. The first-order valence-corrected chi connectivity index (χ1v) is 6.87. The number of aryl methyl sites for hydroxylation is 1. The van der Waals surface area contributed by atoms with Gasteiger partial charge in [0, 0.05) is 16.1 Å². The standard InChI is InChI=1S/C16H10BrF2NO/c1-9-2-3-10(6-15(9)17)16(21)14(8-20)11-4-12(18)7-13(19)5-11/h2-7,14H,1H3. The molecular formula is C16H10BrF2NO. The van der Waals surface area contributed by atoms with Crippen LogP contribution < -0.4 is 0 Å². The molecule has 21 heavy (non-hydrogen) atoms. The molecule has 0 amide bonds. The minimum Gasteiger partial charge on any atom is -0.292 e. The van der Waals surface area contributed by atoms with Crippen LogP contribution in [-0.2, 0) is 0 Å². The van der Waals surface area contributed by atoms with Gasteiger partial charge in [-0.1, -0.05) is 28.1 Å². The zero-order chi connectivity index (χ0) is 15.6. The first-order valence-electron chi connectivity index (χ1n) is 6.08. The van der Waals surface area contributed by atoms with Crippen molar-refractivity contribution >= 4 is 21.7 Å². The average Bonchev–Trinajstić information content (AvgIpc) is 2.41. The van der Waals surface area contributed by atoms with Crippen LogP contribution in [0.4, 0.5) is 8.78 Å². The Morgan fingerprint density at radius 1 is 1.19 bits per heavy atom. The van der Waals surface area contributed by atoms with Crippen molar-refractivity contribution in [2.24, 2.45) is 0 Å². The maximum absolute atomic E-state index is 13.2. The molecule has 1 atom stereocenters. The second kappa shape index (κ2) is 6.15. The highest BCUT2D eigenvalue weighted by molar-refractivity contribution is 9.10. The number of carbonyl (C=O) groups is 1. The summed E-state index contributed by atoms with van der Waals surface area (Å²) in [6.45, 7) is 1.86. The van der Waals surface area contributed by atoms with E-state index in [1.807, 2.05) is 6.92 Å². The molecule has 106 valence electrons. The minimum atomic E-state index is -1.25. The van der Waals surface area contributed by atoms with E-state index in [1.54, 1.807) is 24.3 Å². The van der Waals surface area contributed by atoms with E-state index in [-0.39, 0.29) is 5.56 Å². The van der Waals surface area contributed by atoms with Gasteiger partial charge in [-0.15, -0.1) is 0 Å². The van der Waals surface area contributed by atoms with Crippen molar-refractivity contribution in [2.45, 2.75) is 12.8 Å². The number of ketones is 1. The van der Waals surface area contributed by atoms with Crippen molar-refractivity contribution in [3.63, 3.8) is 0 Å². The molecule has 2 aromatic carbocycles. The molecule has 2 aromatic rings. The lowest BCUT2D eigenvalue weighted by atomic mass is 9.91. The summed E-state index contributed by atoms with van der Waals surface area (Å²) in [5, 5.41) is 9.19. The highest BCUT2D eigenvalue weighted by atomic mass is 79.9. The first kappa shape index (κ1) is 15.3. The van der Waals surface area contributed by atoms with E-state index < -0.39 is 23.3 Å². The Bertz CT molecular complexity index is 732. The lowest BCUT2D eigenvalue weighted by molar-refractivity contribution is 0.0978. The molecule has 0 aromatic heterocycles. The Labute approximate surface area is 129 Å². The largest absolute Gasteiger partial charge is 0.292 e. The van der Waals surface area contributed by atoms with Crippen LogP contribution in [0.2, 0.25) is 0 Å². The highest BCUT2D eigenvalue weighted by Crippen LogP contribution is 2.25. The minimum absolute atomic E-state index is 0.0108. The molecular weight excluding hydrogens is 340 g/mol. The maximum atomic E-state index is 13.2. The molecule has 0 aliphatic rings. The van der Waals surface area contributed by atoms with E-state index in [9.17, 15) is 18.8 Å². The molecule has 0 fully saturated rings. The molecule has 0 radical (unpaired) electrons. The second-order valence-electron chi connectivity index (χ2n) is 4.59. The molecule has 0 heterocycles. The van der Waals surface area contributed by atoms with Gasteiger partial charge in [0.2, 0.25) is 0 Å². The monoisotopic (exact) mass is 349 g/mol. The lowest BCUT2D eigenvalue weighted by Gasteiger charge is -2.10. The fourth-order valence-corrected chi connectivity index (χ4v) is 2.32. The van der Waals surface area contributed by atoms with E-state index in [1.165, 1.54) is 0 Å². The van der Waals surface area contributed by atoms with Crippen LogP contribution in [0.1, 0.15) is 27.4 Å². The zero-order valence-electron chi connectivity index (χ0n) is 11.0. The third-order valence-corrected chi connectivity index (χ3v) is 3.92. The molecule has 2 nitrogen and oxygen atoms in total. The topological polar surface area (TPSA) is 40.9 Å². The number of carbonyl (C=O) groups excluding carboxylic acids is 1. The molecule has 0 aliphatic heterocycles. The van der Waals surface area contributed by atoms with Gasteiger partial charge in [0.05, 0.1) is 6.07 Å². The third kappa shape index (κ3) is 3.34. The van der Waals surface area contributed by atoms with E-state index in [4.69, 9.17) is 0 Å². The Morgan fingerprint density at radius 2 is 1.81 bits per heavy atom. The van der Waals surface area contributed by atoms with Crippen LogP contribution in [0, 0.1) is 29.9 Å². The van der Waals surface area contributed by atoms with Crippen molar-refractivity contribution in [3.8, 4) is 6.07 Å². The Morgan fingerprint density at radius 3 is 2.33 bits per heavy atom. The van der Waals surface area contributed by atoms with E-state index in [0.29, 0.717) is 11.6 Å².